The number of halogens is 3. The van der Waals surface area contributed by atoms with E-state index in [0.717, 1.165) is 21.4 Å². The van der Waals surface area contributed by atoms with Gasteiger partial charge in [0.1, 0.15) is 5.69 Å². The summed E-state index contributed by atoms with van der Waals surface area (Å²) in [5.41, 5.74) is 1.12. The zero-order chi connectivity index (χ0) is 26.7. The molecule has 2 N–H and O–H groups in total. The van der Waals surface area contributed by atoms with E-state index < -0.39 is 27.8 Å². The number of nitrogens with one attached hydrogen (secondary N) is 2. The van der Waals surface area contributed by atoms with Crippen LogP contribution >= 0.6 is 0 Å². The van der Waals surface area contributed by atoms with Crippen molar-refractivity contribution in [1.29, 1.82) is 0 Å². The maximum absolute atomic E-state index is 13.3. The minimum atomic E-state index is -4.67. The van der Waals surface area contributed by atoms with Crippen molar-refractivity contribution in [3.63, 3.8) is 0 Å². The van der Waals surface area contributed by atoms with E-state index in [0.29, 0.717) is 6.07 Å². The van der Waals surface area contributed by atoms with Gasteiger partial charge in [-0.25, -0.2) is 13.1 Å². The average Bonchev–Trinajstić information content (AvgIpc) is 3.20. The largest absolute Gasteiger partial charge is 0.435 e. The average molecular weight is 517 g/mol. The van der Waals surface area contributed by atoms with Gasteiger partial charge in [0, 0.05) is 25.7 Å². The van der Waals surface area contributed by atoms with Gasteiger partial charge in [0.15, 0.2) is 5.69 Å². The predicted molar refractivity (Wildman–Crippen MR) is 129 cm³/mol. The fourth-order valence-electron chi connectivity index (χ4n) is 3.70. The molecule has 1 aromatic carbocycles. The van der Waals surface area contributed by atoms with Gasteiger partial charge in [-0.1, -0.05) is 53.7 Å². The van der Waals surface area contributed by atoms with Crippen LogP contribution in [0.5, 0.6) is 0 Å². The number of amides is 1. The van der Waals surface area contributed by atoms with Gasteiger partial charge in [-0.05, 0) is 41.4 Å². The zero-order valence-corrected chi connectivity index (χ0v) is 22.1. The van der Waals surface area contributed by atoms with Gasteiger partial charge in [-0.3, -0.25) is 9.48 Å². The van der Waals surface area contributed by atoms with Crippen LogP contribution in [0, 0.1) is 0 Å². The number of sulfonamides is 1. The lowest BCUT2D eigenvalue weighted by molar-refractivity contribution is -0.141. The first kappa shape index (κ1) is 28.8. The monoisotopic (exact) mass is 516 g/mol. The number of aromatic nitrogens is 2. The highest BCUT2D eigenvalue weighted by Crippen LogP contribution is 2.35. The first-order chi connectivity index (χ1) is 16.1. The lowest BCUT2D eigenvalue weighted by Gasteiger charge is -2.23. The molecule has 0 radical (unpaired) electrons. The molecule has 1 amide bonds. The first-order valence-corrected chi connectivity index (χ1v) is 13.2. The third-order valence-corrected chi connectivity index (χ3v) is 7.25. The molecule has 1 aromatic heterocycles. The summed E-state index contributed by atoms with van der Waals surface area (Å²) in [4.78, 5) is 12.7. The Morgan fingerprint density at radius 2 is 1.51 bits per heavy atom. The lowest BCUT2D eigenvalue weighted by atomic mass is 9.89. The Labute approximate surface area is 205 Å². The molecule has 196 valence electrons. The Kier molecular flexibility index (Phi) is 9.16. The van der Waals surface area contributed by atoms with Crippen LogP contribution in [0.3, 0.4) is 0 Å². The van der Waals surface area contributed by atoms with E-state index >= 15 is 0 Å². The van der Waals surface area contributed by atoms with Crippen LogP contribution in [0.4, 0.5) is 13.2 Å². The molecule has 0 aliphatic rings. The zero-order valence-electron chi connectivity index (χ0n) is 21.2. The molecule has 0 unspecified atom stereocenters. The summed E-state index contributed by atoms with van der Waals surface area (Å²) in [6.45, 7) is 13.3. The minimum Gasteiger partial charge on any atom is -0.349 e. The lowest BCUT2D eigenvalue weighted by Crippen LogP contribution is -2.36. The van der Waals surface area contributed by atoms with Gasteiger partial charge < -0.3 is 5.32 Å². The molecule has 0 fully saturated rings. The Balaban J connectivity index is 2.21. The summed E-state index contributed by atoms with van der Waals surface area (Å²) in [5, 5.41) is 5.89. The molecule has 0 aliphatic carbocycles. The maximum Gasteiger partial charge on any atom is 0.435 e. The molecular weight excluding hydrogens is 481 g/mol. The molecule has 0 saturated heterocycles. The van der Waals surface area contributed by atoms with Crippen LogP contribution in [0.1, 0.15) is 99.1 Å². The van der Waals surface area contributed by atoms with E-state index in [4.69, 9.17) is 0 Å². The number of carbonyl (C=O) groups excluding carboxylic acids is 1. The van der Waals surface area contributed by atoms with Crippen LogP contribution in [-0.2, 0) is 22.7 Å². The molecule has 1 heterocycles. The topological polar surface area (TPSA) is 93.1 Å². The third kappa shape index (κ3) is 6.84. The fraction of sp³-hybridized carbons (Fsp3) is 0.583. The van der Waals surface area contributed by atoms with Crippen molar-refractivity contribution in [3.05, 3.63) is 46.3 Å². The Morgan fingerprint density at radius 3 is 1.94 bits per heavy atom. The van der Waals surface area contributed by atoms with Crippen LogP contribution < -0.4 is 10.0 Å². The quantitative estimate of drug-likeness (QED) is 0.435. The summed E-state index contributed by atoms with van der Waals surface area (Å²) in [7, 11) is -3.91. The van der Waals surface area contributed by atoms with Crippen molar-refractivity contribution in [2.75, 3.05) is 13.1 Å². The van der Waals surface area contributed by atoms with Crippen molar-refractivity contribution in [2.45, 2.75) is 83.8 Å². The molecular formula is C24H35F3N4O3S. The summed E-state index contributed by atoms with van der Waals surface area (Å²) in [6.07, 6.45) is -4.67. The molecule has 0 spiro atoms. The van der Waals surface area contributed by atoms with Gasteiger partial charge in [0.05, 0.1) is 4.90 Å². The van der Waals surface area contributed by atoms with Crippen molar-refractivity contribution >= 4 is 15.9 Å². The van der Waals surface area contributed by atoms with Gasteiger partial charge >= 0.3 is 6.18 Å². The van der Waals surface area contributed by atoms with E-state index in [2.05, 4.69) is 29.0 Å². The summed E-state index contributed by atoms with van der Waals surface area (Å²) >= 11 is 0. The number of carbonyl (C=O) groups is 1. The van der Waals surface area contributed by atoms with E-state index in [1.54, 1.807) is 6.92 Å². The summed E-state index contributed by atoms with van der Waals surface area (Å²) < 4.78 is 69.0. The van der Waals surface area contributed by atoms with Gasteiger partial charge in [-0.2, -0.15) is 18.3 Å². The number of nitrogens with zero attached hydrogens (tertiary/aromatic N) is 2. The van der Waals surface area contributed by atoms with Crippen molar-refractivity contribution in [1.82, 2.24) is 19.8 Å². The molecule has 35 heavy (non-hydrogen) atoms. The minimum absolute atomic E-state index is 0.0327. The standard InChI is InChI=1S/C24H35F3N4O3S/c1-8-31-20(13-21(30-31)24(25,26)27)23(32)28-9-10-29-35(33,34)22-18(15(4)5)11-17(14(2)3)12-19(22)16(6)7/h11-16,29H,8-10H2,1-7H3,(H,28,32). The van der Waals surface area contributed by atoms with Crippen LogP contribution in [0.2, 0.25) is 0 Å². The number of benzene rings is 1. The number of hydrogen-bond donors (Lipinski definition) is 2. The van der Waals surface area contributed by atoms with E-state index in [1.165, 1.54) is 0 Å². The number of rotatable bonds is 10. The smallest absolute Gasteiger partial charge is 0.349 e. The highest BCUT2D eigenvalue weighted by molar-refractivity contribution is 7.89. The second-order valence-corrected chi connectivity index (χ2v) is 11.1. The highest BCUT2D eigenvalue weighted by Gasteiger charge is 2.35. The number of hydrogen-bond acceptors (Lipinski definition) is 4. The Bertz CT molecular complexity index is 1120. The second kappa shape index (κ2) is 11.1. The van der Waals surface area contributed by atoms with Gasteiger partial charge in [0.2, 0.25) is 10.0 Å². The highest BCUT2D eigenvalue weighted by atomic mass is 32.2. The summed E-state index contributed by atoms with van der Waals surface area (Å²) in [5.74, 6) is -0.593. The van der Waals surface area contributed by atoms with E-state index in [9.17, 15) is 26.4 Å². The molecule has 0 atom stereocenters. The molecule has 11 heteroatoms. The third-order valence-electron chi connectivity index (χ3n) is 5.65. The van der Waals surface area contributed by atoms with Gasteiger partial charge in [-0.15, -0.1) is 0 Å². The Morgan fingerprint density at radius 1 is 0.971 bits per heavy atom. The van der Waals surface area contributed by atoms with E-state index in [1.807, 2.05) is 39.8 Å². The SMILES string of the molecule is CCn1nc(C(F)(F)F)cc1C(=O)NCCNS(=O)(=O)c1c(C(C)C)cc(C(C)C)cc1C(C)C. The molecule has 7 nitrogen and oxygen atoms in total. The number of aryl methyl sites for hydroxylation is 1. The van der Waals surface area contributed by atoms with Crippen molar-refractivity contribution in [3.8, 4) is 0 Å². The molecule has 0 bridgehead atoms. The molecule has 2 rings (SSSR count). The molecule has 0 saturated carbocycles. The normalized spacial score (nSPS) is 12.7. The van der Waals surface area contributed by atoms with Crippen LogP contribution in [-0.4, -0.2) is 37.2 Å². The maximum atomic E-state index is 13.3. The molecule has 0 aliphatic heterocycles. The number of alkyl halides is 3. The first-order valence-electron chi connectivity index (χ1n) is 11.7. The van der Waals surface area contributed by atoms with Gasteiger partial charge in [0.25, 0.3) is 5.91 Å². The fourth-order valence-corrected chi connectivity index (χ4v) is 5.43. The Hall–Kier alpha value is -2.40. The summed E-state index contributed by atoms with van der Waals surface area (Å²) in [6, 6.07) is 4.55. The van der Waals surface area contributed by atoms with E-state index in [-0.39, 0.29) is 48.0 Å². The molecule has 2 aromatic rings. The van der Waals surface area contributed by atoms with Crippen LogP contribution in [0.15, 0.2) is 23.1 Å². The van der Waals surface area contributed by atoms with Crippen molar-refractivity contribution < 1.29 is 26.4 Å². The van der Waals surface area contributed by atoms with Crippen LogP contribution in [0.25, 0.3) is 0 Å². The van der Waals surface area contributed by atoms with Crippen molar-refractivity contribution in [2.24, 2.45) is 0 Å². The predicted octanol–water partition coefficient (Wildman–Crippen LogP) is 5.00. The second-order valence-electron chi connectivity index (χ2n) is 9.37.